The monoisotopic (exact) mass is 455 g/mol. The normalized spacial score (nSPS) is 14.5. The number of fused-ring (bicyclic) bond motifs is 1. The number of hydrogen-bond donors (Lipinski definition) is 0. The molecule has 1 aliphatic rings. The van der Waals surface area contributed by atoms with Gasteiger partial charge in [0.15, 0.2) is 0 Å². The van der Waals surface area contributed by atoms with E-state index in [1.807, 2.05) is 16.3 Å². The predicted molar refractivity (Wildman–Crippen MR) is 131 cm³/mol. The van der Waals surface area contributed by atoms with Gasteiger partial charge in [0.2, 0.25) is 5.91 Å². The van der Waals surface area contributed by atoms with Crippen LogP contribution in [0, 0.1) is 18.3 Å². The Morgan fingerprint density at radius 3 is 2.45 bits per heavy atom. The number of aromatic nitrogens is 2. The Balaban J connectivity index is 1.56. The number of imidazole rings is 1. The molecule has 0 unspecified atom stereocenters. The van der Waals surface area contributed by atoms with Crippen LogP contribution in [-0.4, -0.2) is 51.3 Å². The zero-order valence-electron chi connectivity index (χ0n) is 18.8. The van der Waals surface area contributed by atoms with E-state index in [1.54, 1.807) is 6.92 Å². The Hall–Kier alpha value is -3.47. The van der Waals surface area contributed by atoms with Crippen molar-refractivity contribution in [1.82, 2.24) is 19.2 Å². The molecule has 7 heteroatoms. The Bertz CT molecular complexity index is 1350. The number of aryl methyl sites for hydroxylation is 1. The number of amides is 1. The van der Waals surface area contributed by atoms with Gasteiger partial charge in [0.05, 0.1) is 11.4 Å². The molecule has 166 valence electrons. The second kappa shape index (κ2) is 8.81. The third kappa shape index (κ3) is 4.28. The molecular weight excluding hydrogens is 430 g/mol. The molecular formula is C26H25N5OS. The number of piperazine rings is 1. The summed E-state index contributed by atoms with van der Waals surface area (Å²) < 4.78 is 2.19. The Morgan fingerprint density at radius 1 is 1.06 bits per heavy atom. The van der Waals surface area contributed by atoms with Gasteiger partial charge in [-0.05, 0) is 36.2 Å². The highest BCUT2D eigenvalue weighted by Crippen LogP contribution is 2.31. The number of thiophene rings is 1. The third-order valence-electron chi connectivity index (χ3n) is 6.28. The van der Waals surface area contributed by atoms with Gasteiger partial charge >= 0.3 is 0 Å². The van der Waals surface area contributed by atoms with Crippen LogP contribution in [0.2, 0.25) is 0 Å². The Labute approximate surface area is 197 Å². The molecule has 1 aromatic carbocycles. The molecule has 1 fully saturated rings. The topological polar surface area (TPSA) is 64.6 Å². The summed E-state index contributed by atoms with van der Waals surface area (Å²) >= 11 is 1.45. The average Bonchev–Trinajstić information content (AvgIpc) is 3.44. The maximum atomic E-state index is 11.7. The van der Waals surface area contributed by atoms with Crippen LogP contribution in [0.15, 0.2) is 54.0 Å². The molecule has 0 spiro atoms. The van der Waals surface area contributed by atoms with Crippen LogP contribution in [-0.2, 0) is 11.3 Å². The first-order valence-corrected chi connectivity index (χ1v) is 11.9. The smallest absolute Gasteiger partial charge is 0.219 e. The summed E-state index contributed by atoms with van der Waals surface area (Å²) in [6, 6.07) is 16.9. The zero-order valence-corrected chi connectivity index (χ0v) is 19.6. The summed E-state index contributed by atoms with van der Waals surface area (Å²) in [6.45, 7) is 7.61. The van der Waals surface area contributed by atoms with E-state index < -0.39 is 0 Å². The van der Waals surface area contributed by atoms with E-state index in [-0.39, 0.29) is 5.91 Å². The third-order valence-corrected chi connectivity index (χ3v) is 7.11. The van der Waals surface area contributed by atoms with Gasteiger partial charge in [-0.2, -0.15) is 5.26 Å². The van der Waals surface area contributed by atoms with E-state index in [0.717, 1.165) is 60.9 Å². The number of carbonyl (C=O) groups is 1. The van der Waals surface area contributed by atoms with Crippen molar-refractivity contribution in [1.29, 1.82) is 5.26 Å². The van der Waals surface area contributed by atoms with Gasteiger partial charge in [0.25, 0.3) is 0 Å². The largest absolute Gasteiger partial charge is 0.340 e. The van der Waals surface area contributed by atoms with E-state index in [2.05, 4.69) is 64.9 Å². The highest BCUT2D eigenvalue weighted by molar-refractivity contribution is 7.10. The number of nitriles is 1. The van der Waals surface area contributed by atoms with E-state index in [1.165, 1.54) is 22.5 Å². The summed E-state index contributed by atoms with van der Waals surface area (Å²) in [5, 5.41) is 11.3. The molecule has 5 rings (SSSR count). The lowest BCUT2D eigenvalue weighted by Gasteiger charge is -2.34. The molecule has 1 saturated heterocycles. The van der Waals surface area contributed by atoms with Crippen molar-refractivity contribution in [2.24, 2.45) is 0 Å². The molecule has 6 nitrogen and oxygen atoms in total. The van der Waals surface area contributed by atoms with Crippen LogP contribution in [0.4, 0.5) is 0 Å². The second-order valence-corrected chi connectivity index (χ2v) is 9.42. The predicted octanol–water partition coefficient (Wildman–Crippen LogP) is 4.57. The lowest BCUT2D eigenvalue weighted by atomic mass is 10.1. The number of nitrogens with zero attached hydrogens (tertiary/aromatic N) is 5. The van der Waals surface area contributed by atoms with E-state index in [4.69, 9.17) is 4.98 Å². The molecule has 0 aliphatic carbocycles. The highest BCUT2D eigenvalue weighted by atomic mass is 32.1. The Morgan fingerprint density at radius 2 is 1.79 bits per heavy atom. The van der Waals surface area contributed by atoms with Crippen LogP contribution < -0.4 is 0 Å². The lowest BCUT2D eigenvalue weighted by molar-refractivity contribution is -0.130. The van der Waals surface area contributed by atoms with Crippen molar-refractivity contribution in [2.45, 2.75) is 20.4 Å². The summed E-state index contributed by atoms with van der Waals surface area (Å²) in [7, 11) is 0. The van der Waals surface area contributed by atoms with Crippen LogP contribution in [0.5, 0.6) is 0 Å². The summed E-state index contributed by atoms with van der Waals surface area (Å²) in [6.07, 6.45) is 2.16. The molecule has 0 radical (unpaired) electrons. The molecule has 33 heavy (non-hydrogen) atoms. The van der Waals surface area contributed by atoms with Gasteiger partial charge in [-0.15, -0.1) is 11.3 Å². The van der Waals surface area contributed by atoms with Crippen molar-refractivity contribution in [3.8, 4) is 28.5 Å². The van der Waals surface area contributed by atoms with Gasteiger partial charge in [0, 0.05) is 56.8 Å². The fraction of sp³-hybridized carbons (Fsp3) is 0.269. The van der Waals surface area contributed by atoms with Crippen LogP contribution >= 0.6 is 11.3 Å². The van der Waals surface area contributed by atoms with Crippen LogP contribution in [0.25, 0.3) is 28.0 Å². The first-order chi connectivity index (χ1) is 16.0. The number of hydrogen-bond acceptors (Lipinski definition) is 5. The number of pyridine rings is 1. The Kier molecular flexibility index (Phi) is 5.71. The molecule has 1 aliphatic heterocycles. The van der Waals surface area contributed by atoms with E-state index in [9.17, 15) is 10.1 Å². The van der Waals surface area contributed by atoms with Crippen LogP contribution in [0.3, 0.4) is 0 Å². The molecule has 4 heterocycles. The van der Waals surface area contributed by atoms with Gasteiger partial charge < -0.3 is 9.30 Å². The standard InChI is InChI=1S/C26H25N5OS/c1-18-3-5-20(6-4-18)21-7-8-25-28-26(22-13-23(14-27)33-17-22)24(31(25)15-21)16-29-9-11-30(12-10-29)19(2)32/h3-8,13,15,17H,9-12,16H2,1-2H3. The minimum absolute atomic E-state index is 0.134. The quantitative estimate of drug-likeness (QED) is 0.452. The number of carbonyl (C=O) groups excluding carboxylic acids is 1. The maximum Gasteiger partial charge on any atom is 0.219 e. The molecule has 1 amide bonds. The van der Waals surface area contributed by atoms with Gasteiger partial charge in [-0.1, -0.05) is 29.8 Å². The fourth-order valence-electron chi connectivity index (χ4n) is 4.34. The van der Waals surface area contributed by atoms with Crippen molar-refractivity contribution in [2.75, 3.05) is 26.2 Å². The minimum Gasteiger partial charge on any atom is -0.340 e. The number of benzene rings is 1. The van der Waals surface area contributed by atoms with Crippen molar-refractivity contribution in [3.05, 3.63) is 70.2 Å². The van der Waals surface area contributed by atoms with Crippen LogP contribution in [0.1, 0.15) is 23.1 Å². The summed E-state index contributed by atoms with van der Waals surface area (Å²) in [5.41, 5.74) is 7.44. The van der Waals surface area contributed by atoms with E-state index >= 15 is 0 Å². The van der Waals surface area contributed by atoms with Gasteiger partial charge in [-0.3, -0.25) is 9.69 Å². The summed E-state index contributed by atoms with van der Waals surface area (Å²) in [4.78, 5) is 21.6. The first-order valence-electron chi connectivity index (χ1n) is 11.1. The number of rotatable bonds is 4. The van der Waals surface area contributed by atoms with E-state index in [0.29, 0.717) is 4.88 Å². The van der Waals surface area contributed by atoms with Crippen molar-refractivity contribution < 1.29 is 4.79 Å². The van der Waals surface area contributed by atoms with Gasteiger partial charge in [-0.25, -0.2) is 4.98 Å². The molecule has 0 saturated carbocycles. The lowest BCUT2D eigenvalue weighted by Crippen LogP contribution is -2.47. The molecule has 0 bridgehead atoms. The SMILES string of the molecule is CC(=O)N1CCN(Cc2c(-c3csc(C#N)c3)nc3ccc(-c4ccc(C)cc4)cn23)CC1. The van der Waals surface area contributed by atoms with Gasteiger partial charge in [0.1, 0.15) is 16.6 Å². The second-order valence-electron chi connectivity index (χ2n) is 8.51. The molecule has 4 aromatic rings. The zero-order chi connectivity index (χ0) is 22.9. The fourth-order valence-corrected chi connectivity index (χ4v) is 5.03. The molecule has 0 N–H and O–H groups in total. The van der Waals surface area contributed by atoms with Crippen molar-refractivity contribution in [3.63, 3.8) is 0 Å². The molecule has 0 atom stereocenters. The average molecular weight is 456 g/mol. The summed E-state index contributed by atoms with van der Waals surface area (Å²) in [5.74, 6) is 0.134. The highest BCUT2D eigenvalue weighted by Gasteiger charge is 2.23. The molecule has 3 aromatic heterocycles. The first kappa shape index (κ1) is 21.4. The minimum atomic E-state index is 0.134. The maximum absolute atomic E-state index is 11.7. The van der Waals surface area contributed by atoms with Crippen molar-refractivity contribution >= 4 is 22.9 Å².